The van der Waals surface area contributed by atoms with E-state index in [9.17, 15) is 0 Å². The van der Waals surface area contributed by atoms with Crippen molar-refractivity contribution in [3.05, 3.63) is 0 Å². The van der Waals surface area contributed by atoms with Gasteiger partial charge in [0.05, 0.1) is 13.2 Å². The molecule has 1 saturated carbocycles. The summed E-state index contributed by atoms with van der Waals surface area (Å²) < 4.78 is 11.8. The smallest absolute Gasteiger partial charge is 0.168 e. The Balaban J connectivity index is 1.72. The second-order valence-electron chi connectivity index (χ2n) is 6.07. The number of rotatable bonds is 2. The van der Waals surface area contributed by atoms with Crippen molar-refractivity contribution >= 4 is 0 Å². The molecule has 0 bridgehead atoms. The molecule has 1 spiro atoms. The van der Waals surface area contributed by atoms with Crippen LogP contribution in [0.1, 0.15) is 39.0 Å². The largest absolute Gasteiger partial charge is 0.348 e. The van der Waals surface area contributed by atoms with Crippen molar-refractivity contribution in [2.75, 3.05) is 26.3 Å². The van der Waals surface area contributed by atoms with Gasteiger partial charge in [-0.25, -0.2) is 0 Å². The average Bonchev–Trinajstić information content (AvgIpc) is 2.82. The molecular formula is C14H26N2O2. The minimum atomic E-state index is -0.284. The molecule has 3 fully saturated rings. The minimum Gasteiger partial charge on any atom is -0.348 e. The Labute approximate surface area is 110 Å². The summed E-state index contributed by atoms with van der Waals surface area (Å²) in [6.07, 6.45) is 5.58. The number of nitrogens with two attached hydrogens (primary N) is 1. The van der Waals surface area contributed by atoms with Crippen LogP contribution >= 0.6 is 0 Å². The number of ether oxygens (including phenoxy) is 2. The monoisotopic (exact) mass is 254 g/mol. The van der Waals surface area contributed by atoms with Crippen LogP contribution in [0.15, 0.2) is 0 Å². The first-order valence-electron chi connectivity index (χ1n) is 7.52. The van der Waals surface area contributed by atoms with Crippen LogP contribution in [0.2, 0.25) is 0 Å². The summed E-state index contributed by atoms with van der Waals surface area (Å²) in [6, 6.07) is 0.986. The van der Waals surface area contributed by atoms with Gasteiger partial charge in [-0.3, -0.25) is 4.90 Å². The molecule has 3 rings (SSSR count). The second kappa shape index (κ2) is 5.08. The van der Waals surface area contributed by atoms with E-state index in [1.807, 2.05) is 0 Å². The van der Waals surface area contributed by atoms with Gasteiger partial charge in [-0.05, 0) is 38.3 Å². The molecule has 0 aromatic heterocycles. The first-order chi connectivity index (χ1) is 8.74. The molecule has 2 saturated heterocycles. The van der Waals surface area contributed by atoms with E-state index in [4.69, 9.17) is 15.2 Å². The quantitative estimate of drug-likeness (QED) is 0.808. The fourth-order valence-electron chi connectivity index (χ4n) is 4.09. The van der Waals surface area contributed by atoms with Crippen molar-refractivity contribution in [3.63, 3.8) is 0 Å². The lowest BCUT2D eigenvalue weighted by Gasteiger charge is -2.51. The minimum absolute atomic E-state index is 0.284. The van der Waals surface area contributed by atoms with Gasteiger partial charge in [0.25, 0.3) is 0 Å². The maximum atomic E-state index is 6.36. The van der Waals surface area contributed by atoms with E-state index in [-0.39, 0.29) is 5.79 Å². The van der Waals surface area contributed by atoms with Crippen molar-refractivity contribution in [2.45, 2.75) is 56.9 Å². The summed E-state index contributed by atoms with van der Waals surface area (Å²) in [5.74, 6) is 0.269. The summed E-state index contributed by atoms with van der Waals surface area (Å²) in [5, 5.41) is 0. The molecule has 3 atom stereocenters. The van der Waals surface area contributed by atoms with Crippen LogP contribution in [-0.4, -0.2) is 49.1 Å². The molecule has 2 aliphatic heterocycles. The SMILES string of the molecule is CCCN1CC[C@H](N)[C@H]2CC3(CC[C@@H]21)OCCO3. The van der Waals surface area contributed by atoms with Gasteiger partial charge in [0, 0.05) is 24.9 Å². The van der Waals surface area contributed by atoms with Crippen LogP contribution < -0.4 is 5.73 Å². The molecule has 18 heavy (non-hydrogen) atoms. The van der Waals surface area contributed by atoms with Crippen molar-refractivity contribution in [1.29, 1.82) is 0 Å². The lowest BCUT2D eigenvalue weighted by atomic mass is 9.73. The summed E-state index contributed by atoms with van der Waals surface area (Å²) in [6.45, 7) is 6.15. The molecular weight excluding hydrogens is 228 g/mol. The van der Waals surface area contributed by atoms with Gasteiger partial charge >= 0.3 is 0 Å². The molecule has 0 amide bonds. The first kappa shape index (κ1) is 12.9. The van der Waals surface area contributed by atoms with E-state index in [1.165, 1.54) is 25.9 Å². The van der Waals surface area contributed by atoms with Crippen LogP contribution in [0.4, 0.5) is 0 Å². The fraction of sp³-hybridized carbons (Fsp3) is 1.00. The Kier molecular flexibility index (Phi) is 3.63. The van der Waals surface area contributed by atoms with Crippen LogP contribution in [-0.2, 0) is 9.47 Å². The normalized spacial score (nSPS) is 40.0. The predicted octanol–water partition coefficient (Wildman–Crippen LogP) is 1.34. The van der Waals surface area contributed by atoms with Crippen molar-refractivity contribution in [2.24, 2.45) is 11.7 Å². The number of hydrogen-bond donors (Lipinski definition) is 1. The summed E-state index contributed by atoms with van der Waals surface area (Å²) >= 11 is 0. The van der Waals surface area contributed by atoms with Crippen LogP contribution in [0.5, 0.6) is 0 Å². The Morgan fingerprint density at radius 2 is 2.06 bits per heavy atom. The molecule has 0 aromatic carbocycles. The third kappa shape index (κ3) is 2.20. The van der Waals surface area contributed by atoms with Gasteiger partial charge in [-0.2, -0.15) is 0 Å². The molecule has 1 aliphatic carbocycles. The highest BCUT2D eigenvalue weighted by Crippen LogP contribution is 2.43. The fourth-order valence-corrected chi connectivity index (χ4v) is 4.09. The van der Waals surface area contributed by atoms with E-state index in [0.29, 0.717) is 18.0 Å². The molecule has 2 N–H and O–H groups in total. The van der Waals surface area contributed by atoms with Gasteiger partial charge in [0.1, 0.15) is 0 Å². The zero-order valence-corrected chi connectivity index (χ0v) is 11.4. The third-order valence-electron chi connectivity index (χ3n) is 4.95. The molecule has 0 radical (unpaired) electrons. The Morgan fingerprint density at radius 3 is 2.78 bits per heavy atom. The number of hydrogen-bond acceptors (Lipinski definition) is 4. The molecule has 0 aromatic rings. The maximum Gasteiger partial charge on any atom is 0.168 e. The lowest BCUT2D eigenvalue weighted by Crippen LogP contribution is -2.59. The average molecular weight is 254 g/mol. The maximum absolute atomic E-state index is 6.36. The van der Waals surface area contributed by atoms with E-state index in [2.05, 4.69) is 11.8 Å². The lowest BCUT2D eigenvalue weighted by molar-refractivity contribution is -0.202. The van der Waals surface area contributed by atoms with Gasteiger partial charge in [0.2, 0.25) is 0 Å². The standard InChI is InChI=1S/C14H26N2O2/c1-2-6-16-7-4-12(15)11-10-14(5-3-13(11)16)17-8-9-18-14/h11-13H,2-10,15H2,1H3/t11-,12+,13+/m1/s1. The van der Waals surface area contributed by atoms with E-state index in [1.54, 1.807) is 0 Å². The number of piperidine rings is 1. The predicted molar refractivity (Wildman–Crippen MR) is 70.2 cm³/mol. The summed E-state index contributed by atoms with van der Waals surface area (Å²) in [7, 11) is 0. The molecule has 3 aliphatic rings. The van der Waals surface area contributed by atoms with Crippen LogP contribution in [0, 0.1) is 5.92 Å². The van der Waals surface area contributed by atoms with E-state index < -0.39 is 0 Å². The van der Waals surface area contributed by atoms with Crippen molar-refractivity contribution in [1.82, 2.24) is 4.90 Å². The molecule has 2 heterocycles. The highest BCUT2D eigenvalue weighted by molar-refractivity contribution is 4.99. The van der Waals surface area contributed by atoms with E-state index in [0.717, 1.165) is 32.5 Å². The molecule has 4 heteroatoms. The zero-order chi connectivity index (χ0) is 12.6. The van der Waals surface area contributed by atoms with Gasteiger partial charge in [-0.15, -0.1) is 0 Å². The van der Waals surface area contributed by atoms with Gasteiger partial charge in [-0.1, -0.05) is 6.92 Å². The van der Waals surface area contributed by atoms with Gasteiger partial charge < -0.3 is 15.2 Å². The van der Waals surface area contributed by atoms with Crippen molar-refractivity contribution < 1.29 is 9.47 Å². The summed E-state index contributed by atoms with van der Waals surface area (Å²) in [5.41, 5.74) is 6.36. The van der Waals surface area contributed by atoms with E-state index >= 15 is 0 Å². The van der Waals surface area contributed by atoms with Crippen LogP contribution in [0.25, 0.3) is 0 Å². The Morgan fingerprint density at radius 1 is 1.28 bits per heavy atom. The molecule has 4 nitrogen and oxygen atoms in total. The number of fused-ring (bicyclic) bond motifs is 1. The first-order valence-corrected chi connectivity index (χ1v) is 7.52. The van der Waals surface area contributed by atoms with Gasteiger partial charge in [0.15, 0.2) is 5.79 Å². The third-order valence-corrected chi connectivity index (χ3v) is 4.95. The highest BCUT2D eigenvalue weighted by Gasteiger charge is 2.49. The summed E-state index contributed by atoms with van der Waals surface area (Å²) in [4.78, 5) is 2.65. The molecule has 0 unspecified atom stereocenters. The zero-order valence-electron chi connectivity index (χ0n) is 11.4. The number of likely N-dealkylation sites (tertiary alicyclic amines) is 1. The molecule has 104 valence electrons. The topological polar surface area (TPSA) is 47.7 Å². The Bertz CT molecular complexity index is 292. The Hall–Kier alpha value is -0.160. The second-order valence-corrected chi connectivity index (χ2v) is 6.07. The van der Waals surface area contributed by atoms with Crippen molar-refractivity contribution in [3.8, 4) is 0 Å². The highest BCUT2D eigenvalue weighted by atomic mass is 16.7. The van der Waals surface area contributed by atoms with Crippen LogP contribution in [0.3, 0.4) is 0 Å². The number of nitrogens with zero attached hydrogens (tertiary/aromatic N) is 1.